The molecule has 0 aliphatic carbocycles. The van der Waals surface area contributed by atoms with Crippen LogP contribution in [0, 0.1) is 10.1 Å². The van der Waals surface area contributed by atoms with Crippen LogP contribution < -0.4 is 15.4 Å². The average Bonchev–Trinajstić information content (AvgIpc) is 2.61. The summed E-state index contributed by atoms with van der Waals surface area (Å²) in [4.78, 5) is 35.2. The normalized spacial score (nSPS) is 11.6. The first-order chi connectivity index (χ1) is 12.8. The maximum atomic E-state index is 12.5. The lowest BCUT2D eigenvalue weighted by atomic mass is 10.1. The number of hydrogen-bond acceptors (Lipinski definition) is 5. The Bertz CT molecular complexity index is 851. The Kier molecular flexibility index (Phi) is 6.48. The number of carbonyl (C=O) groups excluding carboxylic acids is 2. The van der Waals surface area contributed by atoms with Gasteiger partial charge in [-0.3, -0.25) is 19.7 Å². The fourth-order valence-corrected chi connectivity index (χ4v) is 2.32. The maximum Gasteiger partial charge on any atom is 0.310 e. The number of carbonyl (C=O) groups is 2. The summed E-state index contributed by atoms with van der Waals surface area (Å²) < 4.78 is 5.45. The lowest BCUT2D eigenvalue weighted by molar-refractivity contribution is -0.386. The second-order valence-corrected chi connectivity index (χ2v) is 6.15. The minimum absolute atomic E-state index is 0.00372. The monoisotopic (exact) mass is 371 g/mol. The number of nitro benzene ring substituents is 1. The highest BCUT2D eigenvalue weighted by atomic mass is 16.6. The molecule has 2 N–H and O–H groups in total. The molecular formula is C19H21N3O5. The third kappa shape index (κ3) is 5.27. The van der Waals surface area contributed by atoms with Crippen molar-refractivity contribution in [3.05, 3.63) is 64.2 Å². The molecule has 27 heavy (non-hydrogen) atoms. The molecule has 8 nitrogen and oxygen atoms in total. The Morgan fingerprint density at radius 2 is 1.67 bits per heavy atom. The van der Waals surface area contributed by atoms with Crippen molar-refractivity contribution in [3.63, 3.8) is 0 Å². The van der Waals surface area contributed by atoms with E-state index in [0.717, 1.165) is 0 Å². The molecule has 2 amide bonds. The molecule has 8 heteroatoms. The van der Waals surface area contributed by atoms with Gasteiger partial charge in [-0.15, -0.1) is 0 Å². The van der Waals surface area contributed by atoms with Crippen LogP contribution in [0.25, 0.3) is 0 Å². The largest absolute Gasteiger partial charge is 0.474 e. The van der Waals surface area contributed by atoms with Crippen LogP contribution in [0.15, 0.2) is 48.5 Å². The summed E-state index contributed by atoms with van der Waals surface area (Å²) >= 11 is 0. The molecule has 0 aromatic heterocycles. The van der Waals surface area contributed by atoms with Crippen molar-refractivity contribution in [3.8, 4) is 5.75 Å². The van der Waals surface area contributed by atoms with E-state index < -0.39 is 16.9 Å². The fourth-order valence-electron chi connectivity index (χ4n) is 2.32. The van der Waals surface area contributed by atoms with Gasteiger partial charge in [0.2, 0.25) is 0 Å². The summed E-state index contributed by atoms with van der Waals surface area (Å²) in [6.07, 6.45) is -1.01. The summed E-state index contributed by atoms with van der Waals surface area (Å²) in [6.45, 7) is 5.15. The molecule has 2 rings (SSSR count). The van der Waals surface area contributed by atoms with Gasteiger partial charge in [-0.05, 0) is 39.0 Å². The van der Waals surface area contributed by atoms with Crippen molar-refractivity contribution in [1.82, 2.24) is 5.32 Å². The summed E-state index contributed by atoms with van der Waals surface area (Å²) in [5.41, 5.74) is 0.421. The SMILES string of the molecule is CC(C)NC(=O)c1ccccc1NC(=O)[C@@H](C)Oc1ccccc1[N+](=O)[O-]. The Balaban J connectivity index is 2.14. The smallest absolute Gasteiger partial charge is 0.310 e. The van der Waals surface area contributed by atoms with Crippen LogP contribution in [0.4, 0.5) is 11.4 Å². The highest BCUT2D eigenvalue weighted by Crippen LogP contribution is 2.27. The summed E-state index contributed by atoms with van der Waals surface area (Å²) in [5, 5.41) is 16.5. The summed E-state index contributed by atoms with van der Waals surface area (Å²) in [5.74, 6) is -0.845. The molecule has 2 aromatic carbocycles. The van der Waals surface area contributed by atoms with Crippen LogP contribution in [-0.2, 0) is 4.79 Å². The number of amides is 2. The van der Waals surface area contributed by atoms with Crippen molar-refractivity contribution >= 4 is 23.2 Å². The van der Waals surface area contributed by atoms with Gasteiger partial charge in [-0.1, -0.05) is 24.3 Å². The van der Waals surface area contributed by atoms with Crippen molar-refractivity contribution in [2.24, 2.45) is 0 Å². The molecule has 0 saturated carbocycles. The zero-order chi connectivity index (χ0) is 20.0. The van der Waals surface area contributed by atoms with E-state index in [1.165, 1.54) is 25.1 Å². The molecule has 0 bridgehead atoms. The van der Waals surface area contributed by atoms with Crippen molar-refractivity contribution in [2.45, 2.75) is 32.9 Å². The summed E-state index contributed by atoms with van der Waals surface area (Å²) in [6, 6.07) is 12.3. The maximum absolute atomic E-state index is 12.5. The number of rotatable bonds is 7. The molecule has 0 spiro atoms. The Labute approximate surface area is 156 Å². The second kappa shape index (κ2) is 8.79. The first-order valence-corrected chi connectivity index (χ1v) is 8.40. The third-order valence-corrected chi connectivity index (χ3v) is 3.58. The van der Waals surface area contributed by atoms with E-state index in [4.69, 9.17) is 4.74 Å². The summed E-state index contributed by atoms with van der Waals surface area (Å²) in [7, 11) is 0. The molecule has 142 valence electrons. The average molecular weight is 371 g/mol. The van der Waals surface area contributed by atoms with Crippen LogP contribution in [0.2, 0.25) is 0 Å². The number of para-hydroxylation sites is 3. The molecule has 0 fully saturated rings. The van der Waals surface area contributed by atoms with Gasteiger partial charge in [0.15, 0.2) is 11.9 Å². The van der Waals surface area contributed by atoms with Crippen LogP contribution in [-0.4, -0.2) is 28.9 Å². The molecule has 0 unspecified atom stereocenters. The van der Waals surface area contributed by atoms with Gasteiger partial charge >= 0.3 is 5.69 Å². The number of hydrogen-bond donors (Lipinski definition) is 2. The molecule has 0 aliphatic heterocycles. The van der Waals surface area contributed by atoms with Gasteiger partial charge in [0, 0.05) is 12.1 Å². The van der Waals surface area contributed by atoms with Crippen molar-refractivity contribution < 1.29 is 19.2 Å². The molecule has 2 aromatic rings. The minimum atomic E-state index is -1.01. The molecular weight excluding hydrogens is 350 g/mol. The van der Waals surface area contributed by atoms with E-state index >= 15 is 0 Å². The molecule has 0 saturated heterocycles. The fraction of sp³-hybridized carbons (Fsp3) is 0.263. The quantitative estimate of drug-likeness (QED) is 0.574. The van der Waals surface area contributed by atoms with Crippen molar-refractivity contribution in [1.29, 1.82) is 0 Å². The van der Waals surface area contributed by atoms with E-state index in [9.17, 15) is 19.7 Å². The van der Waals surface area contributed by atoms with E-state index in [0.29, 0.717) is 11.3 Å². The van der Waals surface area contributed by atoms with Gasteiger partial charge in [-0.25, -0.2) is 0 Å². The lowest BCUT2D eigenvalue weighted by Crippen LogP contribution is -2.33. The van der Waals surface area contributed by atoms with E-state index in [1.54, 1.807) is 30.3 Å². The molecule has 0 aliphatic rings. The van der Waals surface area contributed by atoms with E-state index in [-0.39, 0.29) is 23.4 Å². The standard InChI is InChI=1S/C19H21N3O5/c1-12(2)20-19(24)14-8-4-5-9-15(14)21-18(23)13(3)27-17-11-7-6-10-16(17)22(25)26/h4-13H,1-3H3,(H,20,24)(H,21,23)/t13-/m1/s1. The van der Waals surface area contributed by atoms with Gasteiger partial charge < -0.3 is 15.4 Å². The number of nitrogens with zero attached hydrogens (tertiary/aromatic N) is 1. The van der Waals surface area contributed by atoms with Crippen LogP contribution >= 0.6 is 0 Å². The van der Waals surface area contributed by atoms with Gasteiger partial charge in [-0.2, -0.15) is 0 Å². The number of benzene rings is 2. The zero-order valence-corrected chi connectivity index (χ0v) is 15.3. The predicted octanol–water partition coefficient (Wildman–Crippen LogP) is 3.14. The van der Waals surface area contributed by atoms with E-state index in [1.807, 2.05) is 13.8 Å². The predicted molar refractivity (Wildman–Crippen MR) is 101 cm³/mol. The highest BCUT2D eigenvalue weighted by Gasteiger charge is 2.22. The van der Waals surface area contributed by atoms with Crippen LogP contribution in [0.3, 0.4) is 0 Å². The topological polar surface area (TPSA) is 111 Å². The Hall–Kier alpha value is -3.42. The number of nitrogens with one attached hydrogen (secondary N) is 2. The third-order valence-electron chi connectivity index (χ3n) is 3.58. The molecule has 0 heterocycles. The number of nitro groups is 1. The molecule has 0 radical (unpaired) electrons. The number of ether oxygens (including phenoxy) is 1. The van der Waals surface area contributed by atoms with Crippen molar-refractivity contribution in [2.75, 3.05) is 5.32 Å². The van der Waals surface area contributed by atoms with Gasteiger partial charge in [0.25, 0.3) is 11.8 Å². The van der Waals surface area contributed by atoms with Gasteiger partial charge in [0.1, 0.15) is 0 Å². The van der Waals surface area contributed by atoms with E-state index in [2.05, 4.69) is 10.6 Å². The van der Waals surface area contributed by atoms with Crippen LogP contribution in [0.5, 0.6) is 5.75 Å². The zero-order valence-electron chi connectivity index (χ0n) is 15.3. The first-order valence-electron chi connectivity index (χ1n) is 8.40. The minimum Gasteiger partial charge on any atom is -0.474 e. The van der Waals surface area contributed by atoms with Crippen LogP contribution in [0.1, 0.15) is 31.1 Å². The second-order valence-electron chi connectivity index (χ2n) is 6.15. The Morgan fingerprint density at radius 1 is 1.04 bits per heavy atom. The Morgan fingerprint density at radius 3 is 2.33 bits per heavy atom. The lowest BCUT2D eigenvalue weighted by Gasteiger charge is -2.17. The highest BCUT2D eigenvalue weighted by molar-refractivity contribution is 6.04. The molecule has 1 atom stereocenters. The first kappa shape index (κ1) is 19.9. The van der Waals surface area contributed by atoms with Gasteiger partial charge in [0.05, 0.1) is 16.2 Å². The number of anilines is 1.